The number of hydrogen-bond acceptors (Lipinski definition) is 3. The van der Waals surface area contributed by atoms with Gasteiger partial charge in [0, 0.05) is 38.3 Å². The molecule has 2 aliphatic rings. The topological polar surface area (TPSA) is 18.5 Å². The molecule has 0 aromatic heterocycles. The van der Waals surface area contributed by atoms with E-state index in [4.69, 9.17) is 0 Å². The summed E-state index contributed by atoms with van der Waals surface area (Å²) in [7, 11) is 0. The zero-order valence-corrected chi connectivity index (χ0v) is 10.8. The van der Waals surface area contributed by atoms with Crippen LogP contribution in [-0.4, -0.2) is 67.3 Å². The highest BCUT2D eigenvalue weighted by Gasteiger charge is 2.32. The van der Waals surface area contributed by atoms with Gasteiger partial charge >= 0.3 is 6.18 Å². The molecule has 2 aliphatic heterocycles. The van der Waals surface area contributed by atoms with Gasteiger partial charge in [0.2, 0.25) is 0 Å². The first-order valence-electron chi connectivity index (χ1n) is 6.71. The van der Waals surface area contributed by atoms with Crippen LogP contribution in [0.4, 0.5) is 13.2 Å². The number of halogens is 3. The summed E-state index contributed by atoms with van der Waals surface area (Å²) < 4.78 is 36.1. The van der Waals surface area contributed by atoms with Gasteiger partial charge in [-0.1, -0.05) is 0 Å². The van der Waals surface area contributed by atoms with Gasteiger partial charge in [-0.05, 0) is 26.3 Å². The Morgan fingerprint density at radius 2 is 2.06 bits per heavy atom. The van der Waals surface area contributed by atoms with Crippen LogP contribution in [0, 0.1) is 0 Å². The maximum absolute atomic E-state index is 12.0. The molecular weight excluding hydrogens is 243 g/mol. The lowest BCUT2D eigenvalue weighted by Crippen LogP contribution is -2.54. The van der Waals surface area contributed by atoms with Crippen molar-refractivity contribution in [1.29, 1.82) is 0 Å². The van der Waals surface area contributed by atoms with Gasteiger partial charge in [-0.3, -0.25) is 9.80 Å². The Morgan fingerprint density at radius 1 is 1.28 bits per heavy atom. The van der Waals surface area contributed by atoms with Crippen LogP contribution in [0.1, 0.15) is 19.8 Å². The second kappa shape index (κ2) is 5.75. The van der Waals surface area contributed by atoms with Gasteiger partial charge in [0.05, 0.1) is 6.54 Å². The summed E-state index contributed by atoms with van der Waals surface area (Å²) in [5.74, 6) is 0. The molecule has 106 valence electrons. The number of nitrogens with one attached hydrogen (secondary N) is 1. The van der Waals surface area contributed by atoms with E-state index in [2.05, 4.69) is 15.1 Å². The van der Waals surface area contributed by atoms with Crippen LogP contribution in [0.25, 0.3) is 0 Å². The molecule has 0 aromatic rings. The molecule has 0 aliphatic carbocycles. The fourth-order valence-electron chi connectivity index (χ4n) is 2.97. The minimum atomic E-state index is -4.11. The molecule has 0 saturated carbocycles. The van der Waals surface area contributed by atoms with Gasteiger partial charge in [-0.2, -0.15) is 13.2 Å². The SMILES string of the molecule is CC(CNCC(F)(F)F)N1CCN2CCCC2C1. The molecule has 18 heavy (non-hydrogen) atoms. The maximum Gasteiger partial charge on any atom is 0.401 e. The fourth-order valence-corrected chi connectivity index (χ4v) is 2.97. The zero-order valence-electron chi connectivity index (χ0n) is 10.8. The highest BCUT2D eigenvalue weighted by molar-refractivity contribution is 4.88. The van der Waals surface area contributed by atoms with Crippen LogP contribution in [0.5, 0.6) is 0 Å². The number of alkyl halides is 3. The van der Waals surface area contributed by atoms with Crippen molar-refractivity contribution in [3.05, 3.63) is 0 Å². The zero-order chi connectivity index (χ0) is 13.2. The van der Waals surface area contributed by atoms with Gasteiger partial charge < -0.3 is 5.32 Å². The van der Waals surface area contributed by atoms with Crippen molar-refractivity contribution in [2.45, 2.75) is 38.0 Å². The Balaban J connectivity index is 1.71. The third kappa shape index (κ3) is 3.83. The molecule has 3 nitrogen and oxygen atoms in total. The molecule has 2 saturated heterocycles. The van der Waals surface area contributed by atoms with E-state index in [-0.39, 0.29) is 6.04 Å². The van der Waals surface area contributed by atoms with Crippen LogP contribution in [-0.2, 0) is 0 Å². The summed E-state index contributed by atoms with van der Waals surface area (Å²) in [5.41, 5.74) is 0. The molecule has 1 N–H and O–H groups in total. The second-order valence-electron chi connectivity index (χ2n) is 5.42. The van der Waals surface area contributed by atoms with Crippen LogP contribution >= 0.6 is 0 Å². The van der Waals surface area contributed by atoms with Crippen molar-refractivity contribution >= 4 is 0 Å². The van der Waals surface area contributed by atoms with Crippen molar-refractivity contribution in [2.75, 3.05) is 39.3 Å². The Bertz CT molecular complexity index is 270. The van der Waals surface area contributed by atoms with E-state index in [0.717, 1.165) is 19.6 Å². The molecule has 2 unspecified atom stereocenters. The number of hydrogen-bond donors (Lipinski definition) is 1. The lowest BCUT2D eigenvalue weighted by atomic mass is 10.1. The van der Waals surface area contributed by atoms with E-state index in [1.54, 1.807) is 0 Å². The molecule has 2 atom stereocenters. The van der Waals surface area contributed by atoms with Crippen LogP contribution in [0.3, 0.4) is 0 Å². The predicted molar refractivity (Wildman–Crippen MR) is 64.6 cm³/mol. The number of piperazine rings is 1. The van der Waals surface area contributed by atoms with Crippen LogP contribution in [0.15, 0.2) is 0 Å². The third-order valence-corrected chi connectivity index (χ3v) is 4.01. The number of fused-ring (bicyclic) bond motifs is 1. The fraction of sp³-hybridized carbons (Fsp3) is 1.00. The van der Waals surface area contributed by atoms with E-state index in [1.807, 2.05) is 6.92 Å². The van der Waals surface area contributed by atoms with E-state index in [0.29, 0.717) is 12.6 Å². The minimum Gasteiger partial charge on any atom is -0.307 e. The molecule has 0 bridgehead atoms. The van der Waals surface area contributed by atoms with Gasteiger partial charge in [0.15, 0.2) is 0 Å². The quantitative estimate of drug-likeness (QED) is 0.827. The molecular formula is C12H22F3N3. The van der Waals surface area contributed by atoms with Gasteiger partial charge in [0.1, 0.15) is 0 Å². The number of rotatable bonds is 4. The van der Waals surface area contributed by atoms with Crippen molar-refractivity contribution < 1.29 is 13.2 Å². The molecule has 0 radical (unpaired) electrons. The first kappa shape index (κ1) is 14.1. The highest BCUT2D eigenvalue weighted by atomic mass is 19.4. The van der Waals surface area contributed by atoms with E-state index in [9.17, 15) is 13.2 Å². The molecule has 6 heteroatoms. The van der Waals surface area contributed by atoms with E-state index >= 15 is 0 Å². The van der Waals surface area contributed by atoms with Crippen LogP contribution in [0.2, 0.25) is 0 Å². The average Bonchev–Trinajstić information content (AvgIpc) is 2.73. The first-order valence-corrected chi connectivity index (χ1v) is 6.71. The van der Waals surface area contributed by atoms with Crippen molar-refractivity contribution in [3.8, 4) is 0 Å². The molecule has 2 heterocycles. The van der Waals surface area contributed by atoms with Gasteiger partial charge in [-0.15, -0.1) is 0 Å². The van der Waals surface area contributed by atoms with Gasteiger partial charge in [-0.25, -0.2) is 0 Å². The normalized spacial score (nSPS) is 28.3. The summed E-state index contributed by atoms with van der Waals surface area (Å²) >= 11 is 0. The largest absolute Gasteiger partial charge is 0.401 e. The second-order valence-corrected chi connectivity index (χ2v) is 5.42. The summed E-state index contributed by atoms with van der Waals surface area (Å²) in [4.78, 5) is 4.82. The number of nitrogens with zero attached hydrogens (tertiary/aromatic N) is 2. The molecule has 2 fully saturated rings. The average molecular weight is 265 g/mol. The molecule has 0 amide bonds. The molecule has 0 spiro atoms. The van der Waals surface area contributed by atoms with Crippen LogP contribution < -0.4 is 5.32 Å². The van der Waals surface area contributed by atoms with E-state index < -0.39 is 12.7 Å². The lowest BCUT2D eigenvalue weighted by Gasteiger charge is -2.40. The molecule has 2 rings (SSSR count). The first-order chi connectivity index (χ1) is 8.46. The monoisotopic (exact) mass is 265 g/mol. The summed E-state index contributed by atoms with van der Waals surface area (Å²) in [6.45, 7) is 5.77. The maximum atomic E-state index is 12.0. The lowest BCUT2D eigenvalue weighted by molar-refractivity contribution is -0.125. The predicted octanol–water partition coefficient (Wildman–Crippen LogP) is 1.31. The Labute approximate surface area is 106 Å². The Morgan fingerprint density at radius 3 is 2.78 bits per heavy atom. The summed E-state index contributed by atoms with van der Waals surface area (Å²) in [6, 6.07) is 0.805. The van der Waals surface area contributed by atoms with E-state index in [1.165, 1.54) is 19.4 Å². The third-order valence-electron chi connectivity index (χ3n) is 4.01. The standard InChI is InChI=1S/C12H22F3N3/c1-10(7-16-9-12(13,14)15)18-6-5-17-4-2-3-11(17)8-18/h10-11,16H,2-9H2,1H3. The van der Waals surface area contributed by atoms with Crippen molar-refractivity contribution in [2.24, 2.45) is 0 Å². The Hall–Kier alpha value is -0.330. The van der Waals surface area contributed by atoms with Crippen molar-refractivity contribution in [3.63, 3.8) is 0 Å². The van der Waals surface area contributed by atoms with Crippen molar-refractivity contribution in [1.82, 2.24) is 15.1 Å². The smallest absolute Gasteiger partial charge is 0.307 e. The highest BCUT2D eigenvalue weighted by Crippen LogP contribution is 2.22. The van der Waals surface area contributed by atoms with Gasteiger partial charge in [0.25, 0.3) is 0 Å². The Kier molecular flexibility index (Phi) is 4.50. The summed E-state index contributed by atoms with van der Waals surface area (Å²) in [6.07, 6.45) is -1.61. The minimum absolute atomic E-state index is 0.176. The summed E-state index contributed by atoms with van der Waals surface area (Å²) in [5, 5.41) is 2.50. The molecule has 0 aromatic carbocycles.